The van der Waals surface area contributed by atoms with Crippen molar-refractivity contribution in [2.24, 2.45) is 0 Å². The predicted octanol–water partition coefficient (Wildman–Crippen LogP) is 2.67. The van der Waals surface area contributed by atoms with Gasteiger partial charge in [0.1, 0.15) is 0 Å². The summed E-state index contributed by atoms with van der Waals surface area (Å²) in [5.74, 6) is 0. The van der Waals surface area contributed by atoms with Crippen molar-refractivity contribution < 1.29 is 0 Å². The molecule has 1 aromatic rings. The quantitative estimate of drug-likeness (QED) is 0.580. The number of H-pyrrole nitrogens is 1. The molecule has 0 aliphatic heterocycles. The molecule has 58 valence electrons. The molecular weight excluding hydrogens is 134 g/mol. The number of aromatic nitrogens is 1. The highest BCUT2D eigenvalue weighted by Gasteiger charge is 2.13. The number of aryl methyl sites for hydroxylation is 2. The van der Waals surface area contributed by atoms with Gasteiger partial charge in [0.2, 0.25) is 0 Å². The van der Waals surface area contributed by atoms with E-state index in [-0.39, 0.29) is 0 Å². The van der Waals surface area contributed by atoms with Crippen molar-refractivity contribution in [2.45, 2.75) is 26.2 Å². The van der Waals surface area contributed by atoms with E-state index in [1.54, 1.807) is 0 Å². The molecule has 0 unspecified atom stereocenters. The highest BCUT2D eigenvalue weighted by Crippen LogP contribution is 2.29. The fourth-order valence-corrected chi connectivity index (χ4v) is 1.77. The Morgan fingerprint density at radius 1 is 1.45 bits per heavy atom. The zero-order valence-corrected chi connectivity index (χ0v) is 6.91. The molecule has 0 aromatic carbocycles. The summed E-state index contributed by atoms with van der Waals surface area (Å²) in [7, 11) is 0. The van der Waals surface area contributed by atoms with Gasteiger partial charge in [-0.1, -0.05) is 6.58 Å². The summed E-state index contributed by atoms with van der Waals surface area (Å²) >= 11 is 0. The van der Waals surface area contributed by atoms with Crippen molar-refractivity contribution in [2.75, 3.05) is 0 Å². The Bertz CT molecular complexity index is 294. The summed E-state index contributed by atoms with van der Waals surface area (Å²) in [6, 6.07) is 2.21. The third-order valence-corrected chi connectivity index (χ3v) is 2.32. The zero-order chi connectivity index (χ0) is 7.84. The van der Waals surface area contributed by atoms with Crippen molar-refractivity contribution in [3.63, 3.8) is 0 Å². The van der Waals surface area contributed by atoms with Crippen molar-refractivity contribution in [1.82, 2.24) is 4.98 Å². The lowest BCUT2D eigenvalue weighted by Gasteiger charge is -2.12. The van der Waals surface area contributed by atoms with Gasteiger partial charge >= 0.3 is 0 Å². The van der Waals surface area contributed by atoms with Gasteiger partial charge in [0, 0.05) is 11.4 Å². The van der Waals surface area contributed by atoms with E-state index < -0.39 is 0 Å². The number of nitrogens with one attached hydrogen (secondary N) is 1. The van der Waals surface area contributed by atoms with Crippen LogP contribution in [0.1, 0.15) is 29.8 Å². The van der Waals surface area contributed by atoms with Gasteiger partial charge in [-0.25, -0.2) is 0 Å². The number of allylic oxidation sites excluding steroid dienone is 1. The van der Waals surface area contributed by atoms with Crippen molar-refractivity contribution in [3.8, 4) is 0 Å². The van der Waals surface area contributed by atoms with Crippen molar-refractivity contribution in [1.29, 1.82) is 0 Å². The van der Waals surface area contributed by atoms with Gasteiger partial charge in [0.25, 0.3) is 0 Å². The van der Waals surface area contributed by atoms with Crippen LogP contribution in [0, 0.1) is 6.92 Å². The summed E-state index contributed by atoms with van der Waals surface area (Å²) < 4.78 is 0. The Morgan fingerprint density at radius 3 is 3.00 bits per heavy atom. The van der Waals surface area contributed by atoms with E-state index >= 15 is 0 Å². The molecule has 1 aliphatic carbocycles. The van der Waals surface area contributed by atoms with Crippen LogP contribution >= 0.6 is 0 Å². The molecule has 0 saturated carbocycles. The Balaban J connectivity index is 2.52. The first-order valence-electron chi connectivity index (χ1n) is 4.14. The van der Waals surface area contributed by atoms with Gasteiger partial charge in [-0.15, -0.1) is 0 Å². The maximum atomic E-state index is 4.05. The Morgan fingerprint density at radius 2 is 2.27 bits per heavy atom. The molecule has 0 saturated heterocycles. The third kappa shape index (κ3) is 1.01. The third-order valence-electron chi connectivity index (χ3n) is 2.32. The summed E-state index contributed by atoms with van der Waals surface area (Å²) in [5, 5.41) is 0. The minimum atomic E-state index is 1.17. The Kier molecular flexibility index (Phi) is 1.38. The van der Waals surface area contributed by atoms with Crippen LogP contribution in [-0.4, -0.2) is 4.98 Å². The predicted molar refractivity (Wildman–Crippen MR) is 47.5 cm³/mol. The average Bonchev–Trinajstić information content (AvgIpc) is 2.31. The first-order valence-corrected chi connectivity index (χ1v) is 4.14. The molecule has 0 radical (unpaired) electrons. The standard InChI is InChI=1S/C10H13N/c1-7-4-3-5-10-9(7)6-8(2)11-10/h6,11H,1,3-5H2,2H3. The van der Waals surface area contributed by atoms with Crippen LogP contribution < -0.4 is 0 Å². The lowest BCUT2D eigenvalue weighted by atomic mass is 9.94. The van der Waals surface area contributed by atoms with E-state index in [9.17, 15) is 0 Å². The second-order valence-corrected chi connectivity index (χ2v) is 3.30. The largest absolute Gasteiger partial charge is 0.362 e. The second kappa shape index (κ2) is 2.26. The van der Waals surface area contributed by atoms with Crippen LogP contribution in [0.5, 0.6) is 0 Å². The normalized spacial score (nSPS) is 16.6. The van der Waals surface area contributed by atoms with Crippen LogP contribution in [0.25, 0.3) is 5.57 Å². The number of hydrogen-bond acceptors (Lipinski definition) is 0. The molecule has 2 rings (SSSR count). The number of rotatable bonds is 0. The van der Waals surface area contributed by atoms with Gasteiger partial charge < -0.3 is 4.98 Å². The molecule has 1 heteroatoms. The van der Waals surface area contributed by atoms with Gasteiger partial charge in [-0.2, -0.15) is 0 Å². The first-order chi connectivity index (χ1) is 5.27. The fourth-order valence-electron chi connectivity index (χ4n) is 1.77. The topological polar surface area (TPSA) is 15.8 Å². The summed E-state index contributed by atoms with van der Waals surface area (Å²) in [4.78, 5) is 3.37. The van der Waals surface area contributed by atoms with Crippen LogP contribution in [0.3, 0.4) is 0 Å². The SMILES string of the molecule is C=C1CCCc2[nH]c(C)cc21. The van der Waals surface area contributed by atoms with E-state index in [4.69, 9.17) is 0 Å². The number of aromatic amines is 1. The Labute approximate surface area is 67.1 Å². The smallest absolute Gasteiger partial charge is 0.0225 e. The summed E-state index contributed by atoms with van der Waals surface area (Å²) in [6.45, 7) is 6.15. The summed E-state index contributed by atoms with van der Waals surface area (Å²) in [6.07, 6.45) is 3.62. The van der Waals surface area contributed by atoms with E-state index in [1.165, 1.54) is 41.8 Å². The molecule has 1 N–H and O–H groups in total. The average molecular weight is 147 g/mol. The summed E-state index contributed by atoms with van der Waals surface area (Å²) in [5.41, 5.74) is 5.32. The molecule has 1 aromatic heterocycles. The Hall–Kier alpha value is -0.980. The minimum Gasteiger partial charge on any atom is -0.362 e. The highest BCUT2D eigenvalue weighted by atomic mass is 14.7. The van der Waals surface area contributed by atoms with E-state index in [1.807, 2.05) is 0 Å². The fraction of sp³-hybridized carbons (Fsp3) is 0.400. The van der Waals surface area contributed by atoms with Crippen LogP contribution in [0.4, 0.5) is 0 Å². The molecule has 0 amide bonds. The molecule has 0 spiro atoms. The minimum absolute atomic E-state index is 1.17. The van der Waals surface area contributed by atoms with Crippen molar-refractivity contribution >= 4 is 5.57 Å². The lowest BCUT2D eigenvalue weighted by Crippen LogP contribution is -1.98. The van der Waals surface area contributed by atoms with Crippen LogP contribution in [0.2, 0.25) is 0 Å². The molecule has 11 heavy (non-hydrogen) atoms. The highest BCUT2D eigenvalue weighted by molar-refractivity contribution is 5.67. The molecule has 1 aliphatic rings. The number of fused-ring (bicyclic) bond motifs is 1. The molecule has 0 atom stereocenters. The molecule has 0 fully saturated rings. The van der Waals surface area contributed by atoms with E-state index in [0.717, 1.165) is 0 Å². The van der Waals surface area contributed by atoms with Gasteiger partial charge in [0.15, 0.2) is 0 Å². The van der Waals surface area contributed by atoms with Gasteiger partial charge in [-0.3, -0.25) is 0 Å². The monoisotopic (exact) mass is 147 g/mol. The first kappa shape index (κ1) is 6.71. The molecular formula is C10H13N. The molecule has 1 heterocycles. The van der Waals surface area contributed by atoms with Gasteiger partial charge in [-0.05, 0) is 43.4 Å². The van der Waals surface area contributed by atoms with Crippen LogP contribution in [-0.2, 0) is 6.42 Å². The second-order valence-electron chi connectivity index (χ2n) is 3.30. The molecule has 1 nitrogen and oxygen atoms in total. The van der Waals surface area contributed by atoms with E-state index in [2.05, 4.69) is 24.6 Å². The van der Waals surface area contributed by atoms with Gasteiger partial charge in [0.05, 0.1) is 0 Å². The van der Waals surface area contributed by atoms with E-state index in [0.29, 0.717) is 0 Å². The number of hydrogen-bond donors (Lipinski definition) is 1. The maximum absolute atomic E-state index is 4.05. The molecule has 0 bridgehead atoms. The van der Waals surface area contributed by atoms with Crippen molar-refractivity contribution in [3.05, 3.63) is 29.6 Å². The maximum Gasteiger partial charge on any atom is 0.0225 e. The lowest BCUT2D eigenvalue weighted by molar-refractivity contribution is 0.803. The van der Waals surface area contributed by atoms with Crippen LogP contribution in [0.15, 0.2) is 12.6 Å². The zero-order valence-electron chi connectivity index (χ0n) is 6.91.